The van der Waals surface area contributed by atoms with Crippen LogP contribution in [0.15, 0.2) is 60.0 Å². The predicted octanol–water partition coefficient (Wildman–Crippen LogP) is 1.20. The molecule has 0 aliphatic rings. The van der Waals surface area contributed by atoms with E-state index in [1.54, 1.807) is 48.8 Å². The van der Waals surface area contributed by atoms with Gasteiger partial charge in [0.25, 0.3) is 0 Å². The maximum Gasteiger partial charge on any atom is 0.202 e. The van der Waals surface area contributed by atoms with Gasteiger partial charge >= 0.3 is 0 Å². The van der Waals surface area contributed by atoms with Gasteiger partial charge in [0.15, 0.2) is 0 Å². The summed E-state index contributed by atoms with van der Waals surface area (Å²) in [5.74, 6) is -0.359. The molecule has 2 rings (SSSR count). The van der Waals surface area contributed by atoms with Gasteiger partial charge in [-0.3, -0.25) is 0 Å². The Bertz CT molecular complexity index is 511. The van der Waals surface area contributed by atoms with E-state index in [2.05, 4.69) is 5.10 Å². The first kappa shape index (κ1) is 10.6. The van der Waals surface area contributed by atoms with E-state index in [9.17, 15) is 5.11 Å². The lowest BCUT2D eigenvalue weighted by atomic mass is 10.2. The van der Waals surface area contributed by atoms with Gasteiger partial charge in [-0.1, -0.05) is 40.5 Å². The molecule has 1 heterocycles. The minimum Gasteiger partial charge on any atom is -0.854 e. The van der Waals surface area contributed by atoms with Crippen molar-refractivity contribution in [2.45, 2.75) is 0 Å². The number of nitrogens with zero attached hydrogens (tertiary/aromatic N) is 2. The Kier molecular flexibility index (Phi) is 3.17. The average Bonchev–Trinajstić information content (AvgIpc) is 2.31. The predicted molar refractivity (Wildman–Crippen MR) is 60.0 cm³/mol. The number of rotatable bonds is 2. The molecule has 0 N–H and O–H groups in total. The molecule has 0 unspecified atom stereocenters. The first-order chi connectivity index (χ1) is 7.77. The van der Waals surface area contributed by atoms with Gasteiger partial charge in [-0.15, -0.1) is 0 Å². The van der Waals surface area contributed by atoms with Gasteiger partial charge in [0.2, 0.25) is 12.4 Å². The molecule has 0 atom stereocenters. The fraction of sp³-hybridized carbons (Fsp3) is 0. The molecule has 4 heteroatoms. The van der Waals surface area contributed by atoms with Gasteiger partial charge in [-0.25, -0.2) is 0 Å². The van der Waals surface area contributed by atoms with Crippen molar-refractivity contribution in [3.63, 3.8) is 0 Å². The standard InChI is InChI=1S/C12H9ClN2O/c13-11-7-3-2-6-10(11)12(16)14-15-8-4-1-5-9-15/h1-9H. The van der Waals surface area contributed by atoms with Crippen LogP contribution in [0.4, 0.5) is 0 Å². The van der Waals surface area contributed by atoms with Crippen molar-refractivity contribution in [1.29, 1.82) is 0 Å². The Morgan fingerprint density at radius 2 is 1.75 bits per heavy atom. The first-order valence-corrected chi connectivity index (χ1v) is 5.12. The minimum absolute atomic E-state index is 0.359. The van der Waals surface area contributed by atoms with Crippen LogP contribution in [-0.2, 0) is 0 Å². The highest BCUT2D eigenvalue weighted by molar-refractivity contribution is 6.33. The number of aromatic nitrogens is 1. The second kappa shape index (κ2) is 4.77. The van der Waals surface area contributed by atoms with Gasteiger partial charge in [-0.05, 0) is 11.2 Å². The molecule has 0 radical (unpaired) electrons. The Hall–Kier alpha value is -1.87. The average molecular weight is 233 g/mol. The third-order valence-electron chi connectivity index (χ3n) is 2.01. The summed E-state index contributed by atoms with van der Waals surface area (Å²) in [6.45, 7) is 0. The minimum atomic E-state index is -0.359. The van der Waals surface area contributed by atoms with Crippen LogP contribution in [0.1, 0.15) is 5.56 Å². The second-order valence-electron chi connectivity index (χ2n) is 3.14. The number of benzene rings is 1. The van der Waals surface area contributed by atoms with E-state index in [4.69, 9.17) is 11.6 Å². The van der Waals surface area contributed by atoms with Crippen molar-refractivity contribution < 1.29 is 9.78 Å². The number of halogens is 1. The molecular formula is C12H9ClN2O. The Morgan fingerprint density at radius 1 is 1.06 bits per heavy atom. The summed E-state index contributed by atoms with van der Waals surface area (Å²) in [6, 6.07) is 12.3. The smallest absolute Gasteiger partial charge is 0.202 e. The fourth-order valence-corrected chi connectivity index (χ4v) is 1.47. The van der Waals surface area contributed by atoms with E-state index in [0.717, 1.165) is 0 Å². The van der Waals surface area contributed by atoms with Crippen LogP contribution in [-0.4, -0.2) is 5.90 Å². The highest BCUT2D eigenvalue weighted by Crippen LogP contribution is 2.13. The Balaban J connectivity index is 2.36. The quantitative estimate of drug-likeness (QED) is 0.436. The molecule has 0 spiro atoms. The van der Waals surface area contributed by atoms with Crippen molar-refractivity contribution in [2.24, 2.45) is 5.10 Å². The molecule has 0 saturated carbocycles. The molecule has 1 aromatic carbocycles. The van der Waals surface area contributed by atoms with Crippen molar-refractivity contribution in [1.82, 2.24) is 0 Å². The van der Waals surface area contributed by atoms with Crippen LogP contribution in [0.2, 0.25) is 5.02 Å². The summed E-state index contributed by atoms with van der Waals surface area (Å²) >= 11 is 5.90. The zero-order valence-electron chi connectivity index (χ0n) is 8.38. The molecule has 0 amide bonds. The van der Waals surface area contributed by atoms with Crippen LogP contribution < -0.4 is 9.78 Å². The highest BCUT2D eigenvalue weighted by Gasteiger charge is 2.01. The summed E-state index contributed by atoms with van der Waals surface area (Å²) < 4.78 is 1.45. The van der Waals surface area contributed by atoms with E-state index in [0.29, 0.717) is 10.6 Å². The van der Waals surface area contributed by atoms with E-state index in [1.807, 2.05) is 6.07 Å². The largest absolute Gasteiger partial charge is 0.854 e. The lowest BCUT2D eigenvalue weighted by Gasteiger charge is -2.08. The normalized spacial score (nSPS) is 11.4. The first-order valence-electron chi connectivity index (χ1n) is 4.74. The fourth-order valence-electron chi connectivity index (χ4n) is 1.25. The molecule has 1 aromatic heterocycles. The van der Waals surface area contributed by atoms with E-state index < -0.39 is 0 Å². The van der Waals surface area contributed by atoms with E-state index >= 15 is 0 Å². The summed E-state index contributed by atoms with van der Waals surface area (Å²) in [7, 11) is 0. The lowest BCUT2D eigenvalue weighted by molar-refractivity contribution is -0.681. The topological polar surface area (TPSA) is 39.3 Å². The molecule has 0 aliphatic heterocycles. The van der Waals surface area contributed by atoms with Crippen LogP contribution in [0, 0.1) is 0 Å². The third-order valence-corrected chi connectivity index (χ3v) is 2.34. The lowest BCUT2D eigenvalue weighted by Crippen LogP contribution is -2.33. The monoisotopic (exact) mass is 232 g/mol. The van der Waals surface area contributed by atoms with Crippen molar-refractivity contribution in [2.75, 3.05) is 0 Å². The molecule has 3 nitrogen and oxygen atoms in total. The molecule has 0 bridgehead atoms. The molecule has 0 saturated heterocycles. The van der Waals surface area contributed by atoms with Gasteiger partial charge < -0.3 is 5.11 Å². The van der Waals surface area contributed by atoms with Gasteiger partial charge in [0.1, 0.15) is 0 Å². The summed E-state index contributed by atoms with van der Waals surface area (Å²) in [4.78, 5) is 0. The summed E-state index contributed by atoms with van der Waals surface area (Å²) in [5.41, 5.74) is 0.403. The maximum atomic E-state index is 11.8. The maximum absolute atomic E-state index is 11.8. The molecule has 0 fully saturated rings. The number of hydrogen-bond acceptors (Lipinski definition) is 2. The summed E-state index contributed by atoms with van der Waals surface area (Å²) in [6.07, 6.45) is 3.38. The number of hydrogen-bond donors (Lipinski definition) is 0. The molecule has 2 aromatic rings. The molecule has 16 heavy (non-hydrogen) atoms. The zero-order chi connectivity index (χ0) is 11.4. The molecule has 0 aliphatic carbocycles. The van der Waals surface area contributed by atoms with Crippen LogP contribution >= 0.6 is 11.6 Å². The summed E-state index contributed by atoms with van der Waals surface area (Å²) in [5, 5.41) is 16.1. The van der Waals surface area contributed by atoms with Crippen LogP contribution in [0.3, 0.4) is 0 Å². The van der Waals surface area contributed by atoms with Crippen molar-refractivity contribution in [3.05, 3.63) is 65.4 Å². The Morgan fingerprint density at radius 3 is 2.44 bits per heavy atom. The van der Waals surface area contributed by atoms with Crippen molar-refractivity contribution >= 4 is 17.5 Å². The third kappa shape index (κ3) is 2.38. The van der Waals surface area contributed by atoms with Gasteiger partial charge in [-0.2, -0.15) is 0 Å². The zero-order valence-corrected chi connectivity index (χ0v) is 9.13. The van der Waals surface area contributed by atoms with Crippen LogP contribution in [0.25, 0.3) is 0 Å². The number of pyridine rings is 1. The van der Waals surface area contributed by atoms with E-state index in [-0.39, 0.29) is 5.90 Å². The molecular weight excluding hydrogens is 224 g/mol. The highest BCUT2D eigenvalue weighted by atomic mass is 35.5. The SMILES string of the molecule is [O-]/C(=N\[n+]1ccccc1)c1ccccc1Cl. The van der Waals surface area contributed by atoms with Gasteiger partial charge in [0, 0.05) is 22.7 Å². The van der Waals surface area contributed by atoms with Crippen LogP contribution in [0.5, 0.6) is 0 Å². The van der Waals surface area contributed by atoms with Gasteiger partial charge in [0.05, 0.1) is 5.90 Å². The second-order valence-corrected chi connectivity index (χ2v) is 3.55. The Labute approximate surface area is 98.2 Å². The van der Waals surface area contributed by atoms with E-state index in [1.165, 1.54) is 4.68 Å². The van der Waals surface area contributed by atoms with Crippen molar-refractivity contribution in [3.8, 4) is 0 Å². The molecule has 80 valence electrons.